The summed E-state index contributed by atoms with van der Waals surface area (Å²) in [5.41, 5.74) is 2.47. The molecule has 27 heavy (non-hydrogen) atoms. The Morgan fingerprint density at radius 2 is 1.96 bits per heavy atom. The molecule has 1 aliphatic heterocycles. The van der Waals surface area contributed by atoms with E-state index in [4.69, 9.17) is 4.74 Å². The van der Waals surface area contributed by atoms with Crippen LogP contribution in [0.25, 0.3) is 16.7 Å². The number of fused-ring (bicyclic) bond motifs is 2. The van der Waals surface area contributed by atoms with Crippen molar-refractivity contribution in [3.05, 3.63) is 76.7 Å². The maximum absolute atomic E-state index is 12.4. The zero-order chi connectivity index (χ0) is 18.2. The van der Waals surface area contributed by atoms with Crippen LogP contribution in [0.4, 0.5) is 0 Å². The fourth-order valence-electron chi connectivity index (χ4n) is 3.24. The molecule has 0 saturated carbocycles. The van der Waals surface area contributed by atoms with Crippen LogP contribution in [-0.4, -0.2) is 31.6 Å². The minimum absolute atomic E-state index is 0.0763. The number of H-pyrrole nitrogens is 1. The Morgan fingerprint density at radius 1 is 1.15 bits per heavy atom. The van der Waals surface area contributed by atoms with Crippen LogP contribution >= 0.6 is 11.8 Å². The summed E-state index contributed by atoms with van der Waals surface area (Å²) < 4.78 is 7.66. The predicted octanol–water partition coefficient (Wildman–Crippen LogP) is 3.20. The number of para-hydroxylation sites is 2. The van der Waals surface area contributed by atoms with Crippen LogP contribution in [-0.2, 0) is 6.42 Å². The summed E-state index contributed by atoms with van der Waals surface area (Å²) in [4.78, 5) is 19.9. The molecule has 2 aromatic heterocycles. The van der Waals surface area contributed by atoms with Gasteiger partial charge < -0.3 is 9.72 Å². The summed E-state index contributed by atoms with van der Waals surface area (Å²) in [5.74, 6) is 1.66. The number of benzene rings is 2. The van der Waals surface area contributed by atoms with E-state index in [0.717, 1.165) is 17.9 Å². The molecular formula is C20H16N4O2S. The van der Waals surface area contributed by atoms with Crippen LogP contribution in [0, 0.1) is 0 Å². The van der Waals surface area contributed by atoms with Crippen molar-refractivity contribution in [2.24, 2.45) is 0 Å². The molecule has 0 unspecified atom stereocenters. The number of rotatable bonds is 4. The lowest BCUT2D eigenvalue weighted by molar-refractivity contribution is 0.259. The van der Waals surface area contributed by atoms with Crippen molar-refractivity contribution in [3.8, 4) is 11.4 Å². The Morgan fingerprint density at radius 3 is 2.81 bits per heavy atom. The van der Waals surface area contributed by atoms with Crippen molar-refractivity contribution in [2.75, 3.05) is 5.75 Å². The van der Waals surface area contributed by atoms with Crippen LogP contribution in [0.2, 0.25) is 0 Å². The summed E-state index contributed by atoms with van der Waals surface area (Å²) in [6.45, 7) is 0. The van der Waals surface area contributed by atoms with Crippen LogP contribution in [0.3, 0.4) is 0 Å². The number of thioether (sulfide) groups is 1. The van der Waals surface area contributed by atoms with E-state index in [-0.39, 0.29) is 11.7 Å². The highest BCUT2D eigenvalue weighted by Crippen LogP contribution is 2.30. The molecule has 0 radical (unpaired) electrons. The third kappa shape index (κ3) is 3.00. The molecule has 4 aromatic rings. The molecule has 0 saturated heterocycles. The molecule has 1 N–H and O–H groups in total. The molecule has 6 nitrogen and oxygen atoms in total. The quantitative estimate of drug-likeness (QED) is 0.437. The normalized spacial score (nSPS) is 15.6. The molecule has 0 aliphatic carbocycles. The Bertz CT molecular complexity index is 1140. The smallest absolute Gasteiger partial charge is 0.262 e. The number of hydrogen-bond donors (Lipinski definition) is 1. The molecule has 1 atom stereocenters. The topological polar surface area (TPSA) is 72.8 Å². The monoisotopic (exact) mass is 376 g/mol. The number of nitrogens with one attached hydrogen (secondary N) is 1. The number of aromatic nitrogens is 4. The molecule has 0 bridgehead atoms. The number of ether oxygens (including phenoxy) is 1. The number of nitrogens with zero attached hydrogens (tertiary/aromatic N) is 3. The molecule has 5 rings (SSSR count). The molecule has 1 aliphatic rings. The average Bonchev–Trinajstić information content (AvgIpc) is 3.31. The van der Waals surface area contributed by atoms with E-state index in [1.165, 1.54) is 17.3 Å². The highest BCUT2D eigenvalue weighted by Gasteiger charge is 2.23. The average molecular weight is 376 g/mol. The first-order valence-electron chi connectivity index (χ1n) is 8.69. The van der Waals surface area contributed by atoms with E-state index in [1.54, 1.807) is 10.9 Å². The molecule has 134 valence electrons. The fraction of sp³-hybridized carbons (Fsp3) is 0.150. The second kappa shape index (κ2) is 6.59. The minimum Gasteiger partial charge on any atom is -0.489 e. The molecule has 7 heteroatoms. The third-order valence-electron chi connectivity index (χ3n) is 4.54. The zero-order valence-corrected chi connectivity index (χ0v) is 15.1. The van der Waals surface area contributed by atoms with Crippen LogP contribution in [0.15, 0.2) is 70.7 Å². The van der Waals surface area contributed by atoms with Gasteiger partial charge in [0.15, 0.2) is 10.8 Å². The van der Waals surface area contributed by atoms with Gasteiger partial charge in [-0.25, -0.2) is 9.67 Å². The summed E-state index contributed by atoms with van der Waals surface area (Å²) in [6, 6.07) is 17.8. The van der Waals surface area contributed by atoms with Gasteiger partial charge in [-0.2, -0.15) is 5.10 Å². The van der Waals surface area contributed by atoms with Crippen LogP contribution in [0.1, 0.15) is 5.56 Å². The van der Waals surface area contributed by atoms with Crippen molar-refractivity contribution < 1.29 is 4.74 Å². The van der Waals surface area contributed by atoms with Crippen molar-refractivity contribution >= 4 is 22.8 Å². The van der Waals surface area contributed by atoms with E-state index in [9.17, 15) is 4.79 Å². The van der Waals surface area contributed by atoms with E-state index in [0.29, 0.717) is 21.9 Å². The largest absolute Gasteiger partial charge is 0.489 e. The van der Waals surface area contributed by atoms with Gasteiger partial charge >= 0.3 is 0 Å². The summed E-state index contributed by atoms with van der Waals surface area (Å²) >= 11 is 1.49. The first kappa shape index (κ1) is 16.1. The highest BCUT2D eigenvalue weighted by molar-refractivity contribution is 7.99. The summed E-state index contributed by atoms with van der Waals surface area (Å²) in [6.07, 6.45) is 2.50. The molecular weight excluding hydrogens is 360 g/mol. The van der Waals surface area contributed by atoms with Gasteiger partial charge in [0.1, 0.15) is 17.2 Å². The van der Waals surface area contributed by atoms with Gasteiger partial charge in [0.05, 0.1) is 11.9 Å². The maximum Gasteiger partial charge on any atom is 0.262 e. The van der Waals surface area contributed by atoms with Crippen molar-refractivity contribution in [2.45, 2.75) is 17.7 Å². The van der Waals surface area contributed by atoms with Gasteiger partial charge in [-0.1, -0.05) is 48.2 Å². The predicted molar refractivity (Wildman–Crippen MR) is 105 cm³/mol. The van der Waals surface area contributed by atoms with Gasteiger partial charge in [-0.05, 0) is 23.8 Å². The molecule has 3 heterocycles. The Kier molecular flexibility index (Phi) is 3.94. The number of hydrogen-bond acceptors (Lipinski definition) is 5. The second-order valence-corrected chi connectivity index (χ2v) is 7.37. The maximum atomic E-state index is 12.4. The lowest BCUT2D eigenvalue weighted by Gasteiger charge is -2.10. The van der Waals surface area contributed by atoms with Crippen molar-refractivity contribution in [1.29, 1.82) is 0 Å². The lowest BCUT2D eigenvalue weighted by Crippen LogP contribution is -2.17. The van der Waals surface area contributed by atoms with Gasteiger partial charge in [0, 0.05) is 12.2 Å². The fourth-order valence-corrected chi connectivity index (χ4v) is 4.09. The summed E-state index contributed by atoms with van der Waals surface area (Å²) in [5, 5.41) is 5.39. The highest BCUT2D eigenvalue weighted by atomic mass is 32.2. The lowest BCUT2D eigenvalue weighted by atomic mass is 10.1. The van der Waals surface area contributed by atoms with Crippen molar-refractivity contribution in [3.63, 3.8) is 0 Å². The molecule has 0 fully saturated rings. The van der Waals surface area contributed by atoms with E-state index in [1.807, 2.05) is 48.5 Å². The summed E-state index contributed by atoms with van der Waals surface area (Å²) in [7, 11) is 0. The molecule has 2 aromatic carbocycles. The Labute approximate surface area is 159 Å². The standard InChI is InChI=1S/C20H16N4O2S/c25-19-16-11-21-24(14-7-2-1-3-8-14)18(16)22-20(23-19)27-12-15-10-13-6-4-5-9-17(13)26-15/h1-9,11,15H,10,12H2,(H,22,23,25)/t15-/m1/s1. The zero-order valence-electron chi connectivity index (χ0n) is 14.3. The SMILES string of the molecule is O=c1[nH]c(SC[C@H]2Cc3ccccc3O2)nc2c1cnn2-c1ccccc1. The van der Waals surface area contributed by atoms with Crippen LogP contribution in [0.5, 0.6) is 5.75 Å². The van der Waals surface area contributed by atoms with E-state index < -0.39 is 0 Å². The van der Waals surface area contributed by atoms with Gasteiger partial charge in [0.25, 0.3) is 5.56 Å². The minimum atomic E-state index is -0.180. The first-order valence-corrected chi connectivity index (χ1v) is 9.67. The third-order valence-corrected chi connectivity index (χ3v) is 5.54. The van der Waals surface area contributed by atoms with Crippen LogP contribution < -0.4 is 10.3 Å². The van der Waals surface area contributed by atoms with Crippen molar-refractivity contribution in [1.82, 2.24) is 19.7 Å². The molecule has 0 amide bonds. The number of aromatic amines is 1. The Hall–Kier alpha value is -3.06. The van der Waals surface area contributed by atoms with Gasteiger partial charge in [-0.15, -0.1) is 0 Å². The molecule has 0 spiro atoms. The first-order chi connectivity index (χ1) is 13.3. The second-order valence-electron chi connectivity index (χ2n) is 6.36. The van der Waals surface area contributed by atoms with E-state index >= 15 is 0 Å². The van der Waals surface area contributed by atoms with E-state index in [2.05, 4.69) is 21.1 Å². The van der Waals surface area contributed by atoms with Gasteiger partial charge in [-0.3, -0.25) is 4.79 Å². The Balaban J connectivity index is 1.41. The van der Waals surface area contributed by atoms with Gasteiger partial charge in [0.2, 0.25) is 0 Å².